The summed E-state index contributed by atoms with van der Waals surface area (Å²) in [4.78, 5) is 52.6. The first-order chi connectivity index (χ1) is 32.7. The van der Waals surface area contributed by atoms with Gasteiger partial charge in [-0.1, -0.05) is 32.8 Å². The first-order valence-electron chi connectivity index (χ1n) is 23.3. The fraction of sp³-hybridized carbons (Fsp3) is 0.400. The van der Waals surface area contributed by atoms with Crippen molar-refractivity contribution in [2.75, 3.05) is 44.2 Å². The van der Waals surface area contributed by atoms with Gasteiger partial charge in [0, 0.05) is 73.5 Å². The number of aromatic nitrogens is 5. The number of fused-ring (bicyclic) bond motifs is 5. The van der Waals surface area contributed by atoms with Gasteiger partial charge in [0.25, 0.3) is 5.56 Å². The molecule has 0 radical (unpaired) electrons. The van der Waals surface area contributed by atoms with E-state index in [1.165, 1.54) is 15.5 Å². The van der Waals surface area contributed by atoms with Gasteiger partial charge in [0.2, 0.25) is 5.60 Å². The van der Waals surface area contributed by atoms with Crippen molar-refractivity contribution in [3.8, 4) is 51.7 Å². The molecule has 6 aromatic rings. The summed E-state index contributed by atoms with van der Waals surface area (Å²) >= 11 is 0. The molecule has 3 aromatic heterocycles. The Labute approximate surface area is 391 Å². The Balaban J connectivity index is 0.785. The summed E-state index contributed by atoms with van der Waals surface area (Å²) in [5.41, 5.74) is 4.48. The molecule has 354 valence electrons. The SMILES string of the molecule is CCc1c2c(nc3ccc(O)cc13)-c1cc3c(c(=O)n1C2)COC(=O)C3(CC)OC(=O)N1CCN(C(O)C2CCN(c3ccc(-n4c(O)nnc4-c4cc(C(C)C)c(O)cc4O)cc3)CC2)CC1. The Bertz CT molecular complexity index is 3040. The number of esters is 1. The van der Waals surface area contributed by atoms with E-state index in [2.05, 4.69) is 15.1 Å². The number of amides is 1. The molecule has 2 unspecified atom stereocenters. The first-order valence-corrected chi connectivity index (χ1v) is 23.3. The predicted molar refractivity (Wildman–Crippen MR) is 250 cm³/mol. The van der Waals surface area contributed by atoms with Crippen molar-refractivity contribution in [2.24, 2.45) is 5.92 Å². The third-order valence-corrected chi connectivity index (χ3v) is 14.4. The van der Waals surface area contributed by atoms with Gasteiger partial charge in [-0.15, -0.1) is 5.10 Å². The van der Waals surface area contributed by atoms with E-state index in [0.29, 0.717) is 71.9 Å². The second-order valence-corrected chi connectivity index (χ2v) is 18.4. The standard InChI is InChI=1S/C50H54N8O10/c1-5-32-34-21-31(59)11-12-39(34)51-43-36(32)25-57-40(43)23-38-37(46(57)63)26-67-47(64)50(38,6-2)68-49(66)56-19-17-55(18-20-56)45(62)28-13-15-54(16-14-28)29-7-9-30(10-8-29)58-44(52-53-48(58)65)35-22-33(27(3)4)41(60)24-42(35)61/h7-12,21-24,27-28,45,59-62H,5-6,13-20,25-26H2,1-4H3,(H,53,65). The molecule has 7 heterocycles. The van der Waals surface area contributed by atoms with Gasteiger partial charge in [0.15, 0.2) is 5.82 Å². The van der Waals surface area contributed by atoms with Gasteiger partial charge in [0.1, 0.15) is 30.1 Å². The highest BCUT2D eigenvalue weighted by molar-refractivity contribution is 5.90. The van der Waals surface area contributed by atoms with Gasteiger partial charge in [0.05, 0.1) is 40.3 Å². The van der Waals surface area contributed by atoms with Crippen LogP contribution in [0.1, 0.15) is 80.7 Å². The summed E-state index contributed by atoms with van der Waals surface area (Å²) in [6, 6.07) is 16.9. The monoisotopic (exact) mass is 926 g/mol. The van der Waals surface area contributed by atoms with Crippen LogP contribution in [0.5, 0.6) is 23.3 Å². The number of ether oxygens (including phenoxy) is 2. The Morgan fingerprint density at radius 3 is 2.28 bits per heavy atom. The minimum atomic E-state index is -1.86. The molecule has 68 heavy (non-hydrogen) atoms. The normalized spacial score (nSPS) is 18.9. The molecule has 4 aliphatic rings. The van der Waals surface area contributed by atoms with Gasteiger partial charge in [-0.2, -0.15) is 0 Å². The third-order valence-electron chi connectivity index (χ3n) is 14.4. The van der Waals surface area contributed by atoms with E-state index in [4.69, 9.17) is 14.5 Å². The molecule has 4 aliphatic heterocycles. The maximum Gasteiger partial charge on any atom is 0.411 e. The molecule has 2 atom stereocenters. The molecule has 18 heteroatoms. The van der Waals surface area contributed by atoms with E-state index in [1.807, 2.05) is 49.9 Å². The van der Waals surface area contributed by atoms with E-state index in [0.717, 1.165) is 35.0 Å². The molecule has 0 bridgehead atoms. The third kappa shape index (κ3) is 7.33. The largest absolute Gasteiger partial charge is 0.508 e. The number of aromatic hydroxyl groups is 4. The second kappa shape index (κ2) is 17.2. The van der Waals surface area contributed by atoms with Crippen LogP contribution in [-0.2, 0) is 39.4 Å². The van der Waals surface area contributed by atoms with Crippen LogP contribution < -0.4 is 10.5 Å². The van der Waals surface area contributed by atoms with Crippen molar-refractivity contribution >= 4 is 28.7 Å². The number of aryl methyl sites for hydroxylation is 1. The van der Waals surface area contributed by atoms with E-state index >= 15 is 0 Å². The van der Waals surface area contributed by atoms with Gasteiger partial charge in [-0.05, 0) is 97.3 Å². The number of cyclic esters (lactones) is 1. The molecule has 18 nitrogen and oxygen atoms in total. The molecule has 2 saturated heterocycles. The number of carbonyl (C=O) groups is 2. The van der Waals surface area contributed by atoms with Crippen LogP contribution in [0.3, 0.4) is 0 Å². The van der Waals surface area contributed by atoms with Crippen molar-refractivity contribution in [3.63, 3.8) is 0 Å². The average Bonchev–Trinajstić information content (AvgIpc) is 3.91. The highest BCUT2D eigenvalue weighted by Crippen LogP contribution is 2.44. The predicted octanol–water partition coefficient (Wildman–Crippen LogP) is 5.83. The van der Waals surface area contributed by atoms with E-state index in [-0.39, 0.29) is 84.7 Å². The number of rotatable bonds is 9. The van der Waals surface area contributed by atoms with E-state index in [1.54, 1.807) is 41.8 Å². The molecule has 5 N–H and O–H groups in total. The Hall–Kier alpha value is -7.18. The lowest BCUT2D eigenvalue weighted by Gasteiger charge is -2.43. The number of anilines is 1. The van der Waals surface area contributed by atoms with Crippen LogP contribution in [0.15, 0.2) is 65.5 Å². The number of hydrogen-bond donors (Lipinski definition) is 5. The van der Waals surface area contributed by atoms with Crippen molar-refractivity contribution in [2.45, 2.75) is 84.3 Å². The molecule has 10 rings (SSSR count). The zero-order valence-electron chi connectivity index (χ0n) is 38.3. The lowest BCUT2D eigenvalue weighted by molar-refractivity contribution is -0.174. The first kappa shape index (κ1) is 44.6. The van der Waals surface area contributed by atoms with Crippen LogP contribution >= 0.6 is 0 Å². The van der Waals surface area contributed by atoms with E-state index in [9.17, 15) is 39.9 Å². The van der Waals surface area contributed by atoms with Crippen molar-refractivity contribution < 1.29 is 44.6 Å². The Morgan fingerprint density at radius 1 is 0.868 bits per heavy atom. The summed E-state index contributed by atoms with van der Waals surface area (Å²) in [7, 11) is 0. The molecule has 0 spiro atoms. The highest BCUT2D eigenvalue weighted by atomic mass is 16.6. The zero-order valence-corrected chi connectivity index (χ0v) is 38.3. The summed E-state index contributed by atoms with van der Waals surface area (Å²) in [6.45, 7) is 10.3. The molecule has 0 saturated carbocycles. The maximum atomic E-state index is 14.2. The second-order valence-electron chi connectivity index (χ2n) is 18.4. The number of aliphatic hydroxyl groups excluding tert-OH is 1. The number of carbonyl (C=O) groups excluding carboxylic acids is 2. The topological polar surface area (TPSA) is 229 Å². The lowest BCUT2D eigenvalue weighted by atomic mass is 9.85. The quantitative estimate of drug-likeness (QED) is 0.107. The van der Waals surface area contributed by atoms with Gasteiger partial charge >= 0.3 is 18.1 Å². The number of phenols is 3. The number of benzene rings is 3. The summed E-state index contributed by atoms with van der Waals surface area (Å²) in [5, 5.41) is 62.5. The number of piperazine rings is 1. The smallest absolute Gasteiger partial charge is 0.411 e. The van der Waals surface area contributed by atoms with Gasteiger partial charge in [-0.3, -0.25) is 9.69 Å². The summed E-state index contributed by atoms with van der Waals surface area (Å²) in [6.07, 6.45) is 0.687. The molecule has 3 aromatic carbocycles. The van der Waals surface area contributed by atoms with E-state index < -0.39 is 23.9 Å². The number of phenolic OH excluding ortho intramolecular Hbond substituents is 3. The highest BCUT2D eigenvalue weighted by Gasteiger charge is 2.51. The molecular weight excluding hydrogens is 873 g/mol. The van der Waals surface area contributed by atoms with Gasteiger partial charge < -0.3 is 49.4 Å². The number of piperidine rings is 1. The maximum absolute atomic E-state index is 14.2. The Morgan fingerprint density at radius 2 is 1.59 bits per heavy atom. The van der Waals surface area contributed by atoms with Crippen LogP contribution in [0.2, 0.25) is 0 Å². The fourth-order valence-electron chi connectivity index (χ4n) is 10.6. The Kier molecular flexibility index (Phi) is 11.3. The average molecular weight is 927 g/mol. The number of pyridine rings is 2. The summed E-state index contributed by atoms with van der Waals surface area (Å²) in [5.74, 6) is -0.651. The number of nitrogens with zero attached hydrogens (tertiary/aromatic N) is 8. The number of hydrogen-bond acceptors (Lipinski definition) is 15. The van der Waals surface area contributed by atoms with Crippen LogP contribution in [-0.4, -0.2) is 117 Å². The van der Waals surface area contributed by atoms with Crippen LogP contribution in [0.4, 0.5) is 10.5 Å². The minimum absolute atomic E-state index is 0.00908. The summed E-state index contributed by atoms with van der Waals surface area (Å²) < 4.78 is 14.8. The van der Waals surface area contributed by atoms with Crippen LogP contribution in [0.25, 0.3) is 39.4 Å². The van der Waals surface area contributed by atoms with Gasteiger partial charge in [-0.25, -0.2) is 19.1 Å². The van der Waals surface area contributed by atoms with Crippen molar-refractivity contribution in [1.29, 1.82) is 0 Å². The molecule has 1 amide bonds. The lowest BCUT2D eigenvalue weighted by Crippen LogP contribution is -2.56. The minimum Gasteiger partial charge on any atom is -0.508 e. The number of aliphatic hydroxyl groups is 1. The van der Waals surface area contributed by atoms with Crippen molar-refractivity contribution in [1.82, 2.24) is 34.1 Å². The zero-order chi connectivity index (χ0) is 47.8. The van der Waals surface area contributed by atoms with Crippen molar-refractivity contribution in [3.05, 3.63) is 98.8 Å². The van der Waals surface area contributed by atoms with Crippen LogP contribution in [0, 0.1) is 5.92 Å². The molecular formula is C50H54N8O10. The fourth-order valence-corrected chi connectivity index (χ4v) is 10.6. The molecule has 0 aliphatic carbocycles. The molecule has 2 fully saturated rings.